The number of halogens is 3. The number of aryl methyl sites for hydroxylation is 1. The van der Waals surface area contributed by atoms with E-state index in [0.29, 0.717) is 28.5 Å². The summed E-state index contributed by atoms with van der Waals surface area (Å²) in [6, 6.07) is 68.3. The molecule has 0 fully saturated rings. The van der Waals surface area contributed by atoms with E-state index in [0.717, 1.165) is 78.0 Å². The average molecular weight is 862 g/mol. The van der Waals surface area contributed by atoms with Gasteiger partial charge in [-0.3, -0.25) is 0 Å². The van der Waals surface area contributed by atoms with Crippen LogP contribution in [0.3, 0.4) is 0 Å². The van der Waals surface area contributed by atoms with Gasteiger partial charge in [0, 0.05) is 44.2 Å². The molecular formula is C58H38F3N5. The molecule has 0 aliphatic rings. The molecule has 0 saturated carbocycles. The number of fused-ring (bicyclic) bond motifs is 3. The monoisotopic (exact) mass is 861 g/mol. The fourth-order valence-electron chi connectivity index (χ4n) is 8.77. The predicted molar refractivity (Wildman–Crippen MR) is 260 cm³/mol. The number of alkyl halides is 3. The standard InChI is InChI=1S/C58H38F3N5/c1-37-26-29-44(48(32-37)58(59,60)61)42-27-30-46-45-24-14-15-25-53(45)66(55(46)34-42)54-31-28-43(57-63-49(38-16-6-2-7-17-38)35-50(64-57)39-18-8-3-9-19-39)33-47(54)52-36-51(40-20-10-4-11-21-40)62-56(65-52)41-22-12-5-13-23-41/h2-36H,1H3. The molecule has 0 aliphatic heterocycles. The van der Waals surface area contributed by atoms with Gasteiger partial charge in [0.05, 0.1) is 45.1 Å². The van der Waals surface area contributed by atoms with Gasteiger partial charge < -0.3 is 4.57 Å². The third kappa shape index (κ3) is 7.58. The molecule has 0 unspecified atom stereocenters. The van der Waals surface area contributed by atoms with Crippen molar-refractivity contribution in [2.75, 3.05) is 0 Å². The summed E-state index contributed by atoms with van der Waals surface area (Å²) in [5.41, 5.74) is 10.9. The Kier molecular flexibility index (Phi) is 10.1. The van der Waals surface area contributed by atoms with Crippen LogP contribution in [0.4, 0.5) is 13.2 Å². The fourth-order valence-corrected chi connectivity index (χ4v) is 8.77. The number of hydrogen-bond donors (Lipinski definition) is 0. The van der Waals surface area contributed by atoms with Crippen LogP contribution in [0, 0.1) is 6.92 Å². The van der Waals surface area contributed by atoms with E-state index in [1.54, 1.807) is 25.1 Å². The highest BCUT2D eigenvalue weighted by molar-refractivity contribution is 6.11. The smallest absolute Gasteiger partial charge is 0.309 e. The summed E-state index contributed by atoms with van der Waals surface area (Å²) >= 11 is 0. The minimum atomic E-state index is -4.55. The van der Waals surface area contributed by atoms with Gasteiger partial charge >= 0.3 is 6.18 Å². The third-order valence-corrected chi connectivity index (χ3v) is 11.9. The summed E-state index contributed by atoms with van der Waals surface area (Å²) in [6.07, 6.45) is -4.55. The Morgan fingerprint density at radius 1 is 0.364 bits per heavy atom. The van der Waals surface area contributed by atoms with Crippen LogP contribution in [0.15, 0.2) is 212 Å². The number of benzene rings is 8. The molecule has 8 aromatic carbocycles. The number of rotatable bonds is 8. The molecular weight excluding hydrogens is 824 g/mol. The SMILES string of the molecule is Cc1ccc(-c2ccc3c4ccccc4n(-c4ccc(-c5nc(-c6ccccc6)cc(-c6ccccc6)n5)cc4-c4cc(-c5ccccc5)nc(-c5ccccc5)n4)c3c2)c(C(F)(F)F)c1. The summed E-state index contributed by atoms with van der Waals surface area (Å²) in [6.45, 7) is 1.68. The Morgan fingerprint density at radius 2 is 0.848 bits per heavy atom. The normalized spacial score (nSPS) is 11.6. The second-order valence-electron chi connectivity index (χ2n) is 16.3. The first-order valence-electron chi connectivity index (χ1n) is 21.6. The number of aromatic nitrogens is 5. The van der Waals surface area contributed by atoms with Crippen LogP contribution in [0.5, 0.6) is 0 Å². The Hall–Kier alpha value is -8.49. The maximum Gasteiger partial charge on any atom is 0.417 e. The molecule has 11 aromatic rings. The summed E-state index contributed by atoms with van der Waals surface area (Å²) in [5.74, 6) is 1.06. The lowest BCUT2D eigenvalue weighted by molar-refractivity contribution is -0.137. The van der Waals surface area contributed by atoms with Crippen LogP contribution >= 0.6 is 0 Å². The van der Waals surface area contributed by atoms with Crippen molar-refractivity contribution in [2.45, 2.75) is 13.1 Å². The van der Waals surface area contributed by atoms with Crippen molar-refractivity contribution >= 4 is 21.8 Å². The molecule has 0 atom stereocenters. The number of hydrogen-bond acceptors (Lipinski definition) is 4. The van der Waals surface area contributed by atoms with Gasteiger partial charge in [-0.1, -0.05) is 169 Å². The van der Waals surface area contributed by atoms with Crippen LogP contribution in [0.1, 0.15) is 11.1 Å². The largest absolute Gasteiger partial charge is 0.417 e. The molecule has 3 aromatic heterocycles. The van der Waals surface area contributed by atoms with E-state index in [1.807, 2.05) is 176 Å². The first-order chi connectivity index (χ1) is 32.2. The van der Waals surface area contributed by atoms with Gasteiger partial charge in [-0.15, -0.1) is 0 Å². The minimum absolute atomic E-state index is 0.114. The van der Waals surface area contributed by atoms with Crippen LogP contribution in [0.25, 0.3) is 106 Å². The van der Waals surface area contributed by atoms with Crippen molar-refractivity contribution in [3.05, 3.63) is 223 Å². The Bertz CT molecular complexity index is 3460. The highest BCUT2D eigenvalue weighted by Crippen LogP contribution is 2.43. The maximum absolute atomic E-state index is 14.7. The molecule has 0 radical (unpaired) electrons. The van der Waals surface area contributed by atoms with Gasteiger partial charge in [0.2, 0.25) is 0 Å². The molecule has 0 aliphatic carbocycles. The lowest BCUT2D eigenvalue weighted by atomic mass is 9.96. The van der Waals surface area contributed by atoms with Crippen molar-refractivity contribution in [1.82, 2.24) is 24.5 Å². The van der Waals surface area contributed by atoms with Gasteiger partial charge in [0.1, 0.15) is 0 Å². The summed E-state index contributed by atoms with van der Waals surface area (Å²) in [7, 11) is 0. The van der Waals surface area contributed by atoms with E-state index >= 15 is 0 Å². The lowest BCUT2D eigenvalue weighted by Crippen LogP contribution is -2.07. The van der Waals surface area contributed by atoms with Crippen LogP contribution in [-0.4, -0.2) is 24.5 Å². The van der Waals surface area contributed by atoms with Crippen molar-refractivity contribution in [1.29, 1.82) is 0 Å². The predicted octanol–water partition coefficient (Wildman–Crippen LogP) is 15.4. The summed E-state index contributed by atoms with van der Waals surface area (Å²) in [4.78, 5) is 20.8. The molecule has 3 heterocycles. The Morgan fingerprint density at radius 3 is 1.44 bits per heavy atom. The first kappa shape index (κ1) is 40.3. The Labute approximate surface area is 379 Å². The molecule has 316 valence electrons. The molecule has 66 heavy (non-hydrogen) atoms. The van der Waals surface area contributed by atoms with E-state index in [9.17, 15) is 13.2 Å². The topological polar surface area (TPSA) is 56.5 Å². The van der Waals surface area contributed by atoms with Gasteiger partial charge in [0.25, 0.3) is 0 Å². The molecule has 5 nitrogen and oxygen atoms in total. The van der Waals surface area contributed by atoms with Gasteiger partial charge in [-0.2, -0.15) is 13.2 Å². The van der Waals surface area contributed by atoms with E-state index in [2.05, 4.69) is 16.7 Å². The van der Waals surface area contributed by atoms with Crippen LogP contribution in [-0.2, 0) is 6.18 Å². The third-order valence-electron chi connectivity index (χ3n) is 11.9. The van der Waals surface area contributed by atoms with Crippen LogP contribution in [0.2, 0.25) is 0 Å². The zero-order chi connectivity index (χ0) is 44.8. The molecule has 8 heteroatoms. The van der Waals surface area contributed by atoms with Crippen molar-refractivity contribution in [3.63, 3.8) is 0 Å². The zero-order valence-electron chi connectivity index (χ0n) is 35.6. The summed E-state index contributed by atoms with van der Waals surface area (Å²) < 4.78 is 46.2. The van der Waals surface area contributed by atoms with Crippen molar-refractivity contribution < 1.29 is 13.2 Å². The van der Waals surface area contributed by atoms with E-state index in [1.165, 1.54) is 6.07 Å². The van der Waals surface area contributed by atoms with Crippen LogP contribution < -0.4 is 0 Å². The van der Waals surface area contributed by atoms with E-state index in [4.69, 9.17) is 19.9 Å². The van der Waals surface area contributed by atoms with Gasteiger partial charge in [0.15, 0.2) is 11.6 Å². The maximum atomic E-state index is 14.7. The number of para-hydroxylation sites is 1. The van der Waals surface area contributed by atoms with Gasteiger partial charge in [-0.25, -0.2) is 19.9 Å². The molecule has 0 saturated heterocycles. The highest BCUT2D eigenvalue weighted by atomic mass is 19.4. The minimum Gasteiger partial charge on any atom is -0.309 e. The lowest BCUT2D eigenvalue weighted by Gasteiger charge is -2.18. The van der Waals surface area contributed by atoms with E-state index in [-0.39, 0.29) is 5.56 Å². The molecule has 11 rings (SSSR count). The first-order valence-corrected chi connectivity index (χ1v) is 21.6. The van der Waals surface area contributed by atoms with Crippen molar-refractivity contribution in [3.8, 4) is 84.6 Å². The second-order valence-corrected chi connectivity index (χ2v) is 16.3. The number of nitrogens with zero attached hydrogens (tertiary/aromatic N) is 5. The molecule has 0 bridgehead atoms. The van der Waals surface area contributed by atoms with Gasteiger partial charge in [-0.05, 0) is 66.6 Å². The average Bonchev–Trinajstić information content (AvgIpc) is 3.70. The fraction of sp³-hybridized carbons (Fsp3) is 0.0345. The molecule has 0 spiro atoms. The van der Waals surface area contributed by atoms with E-state index < -0.39 is 11.7 Å². The quantitative estimate of drug-likeness (QED) is 0.153. The van der Waals surface area contributed by atoms with Crippen molar-refractivity contribution in [2.24, 2.45) is 0 Å². The molecule has 0 amide bonds. The zero-order valence-corrected chi connectivity index (χ0v) is 35.6. The Balaban J connectivity index is 1.21. The highest BCUT2D eigenvalue weighted by Gasteiger charge is 2.34. The second kappa shape index (κ2) is 16.6. The summed E-state index contributed by atoms with van der Waals surface area (Å²) in [5, 5.41) is 1.85. The molecule has 0 N–H and O–H groups in total.